The third-order valence-corrected chi connectivity index (χ3v) is 4.38. The van der Waals surface area contributed by atoms with E-state index in [-0.39, 0.29) is 4.47 Å². The second-order valence-corrected chi connectivity index (χ2v) is 6.25. The number of nitrogens with one attached hydrogen (secondary N) is 1. The van der Waals surface area contributed by atoms with E-state index in [1.165, 1.54) is 38.1 Å². The van der Waals surface area contributed by atoms with E-state index in [1.54, 1.807) is 6.07 Å². The second-order valence-electron chi connectivity index (χ2n) is 5.39. The Kier molecular flexibility index (Phi) is 6.08. The molecule has 0 amide bonds. The SMILES string of the molecule is FC(F)(F)c1cc(CNCCCN2CCCC2)ccc1Br. The highest BCUT2D eigenvalue weighted by atomic mass is 79.9. The lowest BCUT2D eigenvalue weighted by atomic mass is 10.1. The van der Waals surface area contributed by atoms with E-state index in [4.69, 9.17) is 0 Å². The van der Waals surface area contributed by atoms with Crippen LogP contribution in [0.4, 0.5) is 13.2 Å². The summed E-state index contributed by atoms with van der Waals surface area (Å²) in [5, 5.41) is 3.21. The first-order chi connectivity index (χ1) is 9.97. The highest BCUT2D eigenvalue weighted by Crippen LogP contribution is 2.35. The van der Waals surface area contributed by atoms with Crippen molar-refractivity contribution in [1.29, 1.82) is 0 Å². The fourth-order valence-corrected chi connectivity index (χ4v) is 3.04. The maximum Gasteiger partial charge on any atom is 0.417 e. The maximum atomic E-state index is 12.8. The summed E-state index contributed by atoms with van der Waals surface area (Å²) in [5.41, 5.74) is 0.0468. The number of hydrogen-bond donors (Lipinski definition) is 1. The van der Waals surface area contributed by atoms with Crippen molar-refractivity contribution in [2.45, 2.75) is 32.0 Å². The first kappa shape index (κ1) is 16.8. The predicted octanol–water partition coefficient (Wildman–Crippen LogP) is 4.04. The van der Waals surface area contributed by atoms with E-state index in [0.717, 1.165) is 19.5 Å². The van der Waals surface area contributed by atoms with E-state index >= 15 is 0 Å². The van der Waals surface area contributed by atoms with Crippen LogP contribution in [-0.2, 0) is 12.7 Å². The fraction of sp³-hybridized carbons (Fsp3) is 0.600. The van der Waals surface area contributed by atoms with Crippen LogP contribution in [0.15, 0.2) is 22.7 Å². The normalized spacial score (nSPS) is 16.6. The van der Waals surface area contributed by atoms with Crippen molar-refractivity contribution < 1.29 is 13.2 Å². The van der Waals surface area contributed by atoms with Gasteiger partial charge in [-0.3, -0.25) is 0 Å². The second kappa shape index (κ2) is 7.61. The third-order valence-electron chi connectivity index (χ3n) is 3.69. The number of halogens is 4. The van der Waals surface area contributed by atoms with Crippen LogP contribution in [0.25, 0.3) is 0 Å². The number of hydrogen-bond acceptors (Lipinski definition) is 2. The van der Waals surface area contributed by atoms with Gasteiger partial charge in [0.2, 0.25) is 0 Å². The van der Waals surface area contributed by atoms with Crippen molar-refractivity contribution in [3.8, 4) is 0 Å². The van der Waals surface area contributed by atoms with Gasteiger partial charge in [-0.25, -0.2) is 0 Å². The average molecular weight is 365 g/mol. The molecule has 0 bridgehead atoms. The lowest BCUT2D eigenvalue weighted by Gasteiger charge is -2.15. The van der Waals surface area contributed by atoms with Gasteiger partial charge in [0.1, 0.15) is 0 Å². The largest absolute Gasteiger partial charge is 0.417 e. The third kappa shape index (κ3) is 5.27. The van der Waals surface area contributed by atoms with Gasteiger partial charge in [-0.15, -0.1) is 0 Å². The Morgan fingerprint density at radius 3 is 2.57 bits per heavy atom. The summed E-state index contributed by atoms with van der Waals surface area (Å²) in [6, 6.07) is 4.38. The Morgan fingerprint density at radius 1 is 1.19 bits per heavy atom. The molecule has 1 aliphatic heterocycles. The van der Waals surface area contributed by atoms with Crippen molar-refractivity contribution in [3.63, 3.8) is 0 Å². The minimum atomic E-state index is -4.31. The summed E-state index contributed by atoms with van der Waals surface area (Å²) in [7, 11) is 0. The van der Waals surface area contributed by atoms with Crippen LogP contribution in [0, 0.1) is 0 Å². The molecule has 1 aliphatic rings. The summed E-state index contributed by atoms with van der Waals surface area (Å²) >= 11 is 2.95. The molecular weight excluding hydrogens is 345 g/mol. The lowest BCUT2D eigenvalue weighted by Crippen LogP contribution is -2.24. The van der Waals surface area contributed by atoms with Crippen LogP contribution in [-0.4, -0.2) is 31.1 Å². The minimum Gasteiger partial charge on any atom is -0.313 e. The van der Waals surface area contributed by atoms with Crippen molar-refractivity contribution in [2.75, 3.05) is 26.2 Å². The van der Waals surface area contributed by atoms with Crippen LogP contribution in [0.1, 0.15) is 30.4 Å². The van der Waals surface area contributed by atoms with Crippen molar-refractivity contribution in [3.05, 3.63) is 33.8 Å². The Labute approximate surface area is 131 Å². The van der Waals surface area contributed by atoms with Gasteiger partial charge in [0.15, 0.2) is 0 Å². The molecule has 118 valence electrons. The molecule has 0 aliphatic carbocycles. The molecule has 0 atom stereocenters. The summed E-state index contributed by atoms with van der Waals surface area (Å²) in [4.78, 5) is 2.43. The Hall–Kier alpha value is -0.590. The van der Waals surface area contributed by atoms with Gasteiger partial charge in [0, 0.05) is 11.0 Å². The zero-order valence-electron chi connectivity index (χ0n) is 11.8. The van der Waals surface area contributed by atoms with E-state index in [0.29, 0.717) is 12.1 Å². The number of likely N-dealkylation sites (tertiary alicyclic amines) is 1. The zero-order chi connectivity index (χ0) is 15.3. The minimum absolute atomic E-state index is 0.0905. The van der Waals surface area contributed by atoms with Crippen molar-refractivity contribution in [1.82, 2.24) is 10.2 Å². The van der Waals surface area contributed by atoms with E-state index in [1.807, 2.05) is 0 Å². The molecule has 6 heteroatoms. The van der Waals surface area contributed by atoms with Crippen LogP contribution in [0.2, 0.25) is 0 Å². The molecule has 0 unspecified atom stereocenters. The van der Waals surface area contributed by atoms with Crippen LogP contribution in [0.3, 0.4) is 0 Å². The molecule has 0 aromatic heterocycles. The molecule has 21 heavy (non-hydrogen) atoms. The first-order valence-electron chi connectivity index (χ1n) is 7.25. The molecular formula is C15H20BrF3N2. The van der Waals surface area contributed by atoms with Crippen LogP contribution >= 0.6 is 15.9 Å². The van der Waals surface area contributed by atoms with E-state index in [9.17, 15) is 13.2 Å². The molecule has 0 radical (unpaired) electrons. The summed E-state index contributed by atoms with van der Waals surface area (Å²) in [6.45, 7) is 4.73. The first-order valence-corrected chi connectivity index (χ1v) is 8.05. The molecule has 1 heterocycles. The monoisotopic (exact) mass is 364 g/mol. The smallest absolute Gasteiger partial charge is 0.313 e. The Balaban J connectivity index is 1.75. The Bertz CT molecular complexity index is 457. The van der Waals surface area contributed by atoms with Gasteiger partial charge in [0.25, 0.3) is 0 Å². The van der Waals surface area contributed by atoms with Gasteiger partial charge >= 0.3 is 6.18 Å². The number of nitrogens with zero attached hydrogens (tertiary/aromatic N) is 1. The van der Waals surface area contributed by atoms with Crippen LogP contribution < -0.4 is 5.32 Å². The highest BCUT2D eigenvalue weighted by Gasteiger charge is 2.32. The predicted molar refractivity (Wildman–Crippen MR) is 81.1 cm³/mol. The molecule has 1 fully saturated rings. The molecule has 1 aromatic carbocycles. The molecule has 0 spiro atoms. The van der Waals surface area contributed by atoms with Crippen molar-refractivity contribution >= 4 is 15.9 Å². The lowest BCUT2D eigenvalue weighted by molar-refractivity contribution is -0.138. The average Bonchev–Trinajstić information content (AvgIpc) is 2.92. The number of benzene rings is 1. The summed E-state index contributed by atoms with van der Waals surface area (Å²) in [5.74, 6) is 0. The molecule has 1 aromatic rings. The zero-order valence-corrected chi connectivity index (χ0v) is 13.4. The van der Waals surface area contributed by atoms with E-state index < -0.39 is 11.7 Å². The summed E-state index contributed by atoms with van der Waals surface area (Å²) in [6.07, 6.45) is -0.716. The standard InChI is InChI=1S/C15H20BrF3N2/c16-14-5-4-12(10-13(14)15(17,18)19)11-20-6-3-9-21-7-1-2-8-21/h4-5,10,20H,1-3,6-9,11H2. The van der Waals surface area contributed by atoms with Gasteiger partial charge in [-0.1, -0.05) is 22.0 Å². The fourth-order valence-electron chi connectivity index (χ4n) is 2.57. The Morgan fingerprint density at radius 2 is 1.90 bits per heavy atom. The quantitative estimate of drug-likeness (QED) is 0.766. The van der Waals surface area contributed by atoms with Gasteiger partial charge in [-0.2, -0.15) is 13.2 Å². The topological polar surface area (TPSA) is 15.3 Å². The highest BCUT2D eigenvalue weighted by molar-refractivity contribution is 9.10. The molecule has 0 saturated carbocycles. The van der Waals surface area contributed by atoms with Crippen LogP contribution in [0.5, 0.6) is 0 Å². The van der Waals surface area contributed by atoms with E-state index in [2.05, 4.69) is 26.1 Å². The molecule has 1 N–H and O–H groups in total. The van der Waals surface area contributed by atoms with Crippen molar-refractivity contribution in [2.24, 2.45) is 0 Å². The van der Waals surface area contributed by atoms with Gasteiger partial charge < -0.3 is 10.2 Å². The number of alkyl halides is 3. The number of rotatable bonds is 6. The summed E-state index contributed by atoms with van der Waals surface area (Å²) < 4.78 is 38.5. The molecule has 1 saturated heterocycles. The molecule has 2 rings (SSSR count). The maximum absolute atomic E-state index is 12.8. The molecule has 2 nitrogen and oxygen atoms in total. The van der Waals surface area contributed by atoms with Gasteiger partial charge in [-0.05, 0) is 63.1 Å². The van der Waals surface area contributed by atoms with Gasteiger partial charge in [0.05, 0.1) is 5.56 Å².